The standard InChI is InChI=1S/C18H29NO/c1-15-9-5-6-10-18(15)20-17(3)12-11-16(2)19-13-7-4-8-14-19/h5-6,9-10,16-17H,4,7-8,11-14H2,1-3H3/t16-,17-/m0/s1. The molecule has 2 atom stereocenters. The molecule has 1 aromatic rings. The minimum absolute atomic E-state index is 0.295. The van der Waals surface area contributed by atoms with E-state index < -0.39 is 0 Å². The lowest BCUT2D eigenvalue weighted by molar-refractivity contribution is 0.142. The molecule has 112 valence electrons. The fourth-order valence-corrected chi connectivity index (χ4v) is 2.98. The molecule has 0 aromatic heterocycles. The maximum absolute atomic E-state index is 6.06. The number of hydrogen-bond donors (Lipinski definition) is 0. The predicted octanol–water partition coefficient (Wildman–Crippen LogP) is 4.42. The highest BCUT2D eigenvalue weighted by Gasteiger charge is 2.17. The van der Waals surface area contributed by atoms with Crippen molar-refractivity contribution in [2.75, 3.05) is 13.1 Å². The first-order valence-corrected chi connectivity index (χ1v) is 8.13. The minimum Gasteiger partial charge on any atom is -0.490 e. The van der Waals surface area contributed by atoms with Crippen molar-refractivity contribution in [3.8, 4) is 5.75 Å². The van der Waals surface area contributed by atoms with Gasteiger partial charge in [-0.05, 0) is 71.2 Å². The van der Waals surface area contributed by atoms with E-state index in [1.165, 1.54) is 44.3 Å². The lowest BCUT2D eigenvalue weighted by Gasteiger charge is -2.33. The smallest absolute Gasteiger partial charge is 0.122 e. The Morgan fingerprint density at radius 2 is 1.75 bits per heavy atom. The monoisotopic (exact) mass is 275 g/mol. The summed E-state index contributed by atoms with van der Waals surface area (Å²) in [4.78, 5) is 2.64. The third-order valence-electron chi connectivity index (χ3n) is 4.43. The van der Waals surface area contributed by atoms with Crippen LogP contribution in [-0.2, 0) is 0 Å². The van der Waals surface area contributed by atoms with E-state index in [9.17, 15) is 0 Å². The number of likely N-dealkylation sites (tertiary alicyclic amines) is 1. The summed E-state index contributed by atoms with van der Waals surface area (Å²) in [5.41, 5.74) is 1.23. The Balaban J connectivity index is 1.74. The molecule has 0 radical (unpaired) electrons. The van der Waals surface area contributed by atoms with Crippen molar-refractivity contribution in [1.29, 1.82) is 0 Å². The van der Waals surface area contributed by atoms with Crippen LogP contribution in [0, 0.1) is 6.92 Å². The average molecular weight is 275 g/mol. The van der Waals surface area contributed by atoms with Gasteiger partial charge < -0.3 is 9.64 Å². The van der Waals surface area contributed by atoms with Crippen molar-refractivity contribution in [3.63, 3.8) is 0 Å². The molecule has 20 heavy (non-hydrogen) atoms. The van der Waals surface area contributed by atoms with Crippen LogP contribution in [0.25, 0.3) is 0 Å². The van der Waals surface area contributed by atoms with E-state index in [2.05, 4.69) is 43.9 Å². The Labute approximate surface area is 124 Å². The van der Waals surface area contributed by atoms with Gasteiger partial charge in [0.05, 0.1) is 6.10 Å². The molecule has 1 heterocycles. The molecule has 0 saturated carbocycles. The Hall–Kier alpha value is -1.02. The first kappa shape index (κ1) is 15.4. The summed E-state index contributed by atoms with van der Waals surface area (Å²) in [7, 11) is 0. The largest absolute Gasteiger partial charge is 0.490 e. The molecule has 2 heteroatoms. The van der Waals surface area contributed by atoms with Crippen LogP contribution in [-0.4, -0.2) is 30.1 Å². The van der Waals surface area contributed by atoms with Gasteiger partial charge in [0.1, 0.15) is 5.75 Å². The molecule has 2 rings (SSSR count). The quantitative estimate of drug-likeness (QED) is 0.762. The van der Waals surface area contributed by atoms with Gasteiger partial charge in [-0.2, -0.15) is 0 Å². The molecule has 1 aliphatic heterocycles. The van der Waals surface area contributed by atoms with Crippen molar-refractivity contribution in [3.05, 3.63) is 29.8 Å². The highest BCUT2D eigenvalue weighted by atomic mass is 16.5. The first-order chi connectivity index (χ1) is 9.66. The van der Waals surface area contributed by atoms with Gasteiger partial charge in [-0.3, -0.25) is 0 Å². The Morgan fingerprint density at radius 3 is 2.45 bits per heavy atom. The molecular formula is C18H29NO. The van der Waals surface area contributed by atoms with Gasteiger partial charge in [-0.1, -0.05) is 24.6 Å². The summed E-state index contributed by atoms with van der Waals surface area (Å²) >= 11 is 0. The topological polar surface area (TPSA) is 12.5 Å². The molecule has 0 spiro atoms. The van der Waals surface area contributed by atoms with E-state index in [-0.39, 0.29) is 0 Å². The van der Waals surface area contributed by atoms with Gasteiger partial charge in [0.2, 0.25) is 0 Å². The van der Waals surface area contributed by atoms with E-state index in [4.69, 9.17) is 4.74 Å². The molecule has 1 aromatic carbocycles. The highest BCUT2D eigenvalue weighted by Crippen LogP contribution is 2.21. The second-order valence-electron chi connectivity index (χ2n) is 6.22. The summed E-state index contributed by atoms with van der Waals surface area (Å²) < 4.78 is 6.06. The third kappa shape index (κ3) is 4.52. The molecular weight excluding hydrogens is 246 g/mol. The second-order valence-corrected chi connectivity index (χ2v) is 6.22. The van der Waals surface area contributed by atoms with E-state index in [0.717, 1.165) is 12.2 Å². The number of rotatable bonds is 6. The van der Waals surface area contributed by atoms with Crippen LogP contribution in [0.1, 0.15) is 51.5 Å². The Morgan fingerprint density at radius 1 is 1.05 bits per heavy atom. The zero-order valence-electron chi connectivity index (χ0n) is 13.3. The molecule has 0 aliphatic carbocycles. The maximum atomic E-state index is 6.06. The van der Waals surface area contributed by atoms with Gasteiger partial charge in [0.15, 0.2) is 0 Å². The second kappa shape index (κ2) is 7.68. The van der Waals surface area contributed by atoms with E-state index >= 15 is 0 Å². The minimum atomic E-state index is 0.295. The van der Waals surface area contributed by atoms with Crippen molar-refractivity contribution in [2.24, 2.45) is 0 Å². The zero-order chi connectivity index (χ0) is 14.4. The number of ether oxygens (including phenoxy) is 1. The van der Waals surface area contributed by atoms with E-state index in [1.54, 1.807) is 0 Å². The normalized spacial score (nSPS) is 19.6. The Bertz CT molecular complexity index is 398. The van der Waals surface area contributed by atoms with Crippen LogP contribution in [0.2, 0.25) is 0 Å². The summed E-state index contributed by atoms with van der Waals surface area (Å²) in [6.07, 6.45) is 6.82. The zero-order valence-corrected chi connectivity index (χ0v) is 13.3. The molecule has 0 unspecified atom stereocenters. The van der Waals surface area contributed by atoms with E-state index in [1.807, 2.05) is 6.07 Å². The highest BCUT2D eigenvalue weighted by molar-refractivity contribution is 5.31. The van der Waals surface area contributed by atoms with Gasteiger partial charge in [-0.25, -0.2) is 0 Å². The van der Waals surface area contributed by atoms with Crippen molar-refractivity contribution >= 4 is 0 Å². The molecule has 1 aliphatic rings. The van der Waals surface area contributed by atoms with Gasteiger partial charge in [0, 0.05) is 6.04 Å². The van der Waals surface area contributed by atoms with Crippen molar-refractivity contribution in [2.45, 2.75) is 65.0 Å². The van der Waals surface area contributed by atoms with Crippen LogP contribution in [0.4, 0.5) is 0 Å². The molecule has 0 N–H and O–H groups in total. The van der Waals surface area contributed by atoms with Gasteiger partial charge in [0.25, 0.3) is 0 Å². The number of hydrogen-bond acceptors (Lipinski definition) is 2. The number of nitrogens with zero attached hydrogens (tertiary/aromatic N) is 1. The SMILES string of the molecule is Cc1ccccc1O[C@@H](C)CC[C@H](C)N1CCCCC1. The van der Waals surface area contributed by atoms with Crippen LogP contribution in [0.5, 0.6) is 5.75 Å². The molecule has 0 bridgehead atoms. The van der Waals surface area contributed by atoms with Crippen molar-refractivity contribution < 1.29 is 4.74 Å². The van der Waals surface area contributed by atoms with Gasteiger partial charge >= 0.3 is 0 Å². The van der Waals surface area contributed by atoms with Crippen LogP contribution in [0.3, 0.4) is 0 Å². The lowest BCUT2D eigenvalue weighted by Crippen LogP contribution is -2.37. The number of aryl methyl sites for hydroxylation is 1. The Kier molecular flexibility index (Phi) is 5.90. The molecule has 2 nitrogen and oxygen atoms in total. The summed E-state index contributed by atoms with van der Waals surface area (Å²) in [5, 5.41) is 0. The fraction of sp³-hybridized carbons (Fsp3) is 0.667. The molecule has 1 fully saturated rings. The number of para-hydroxylation sites is 1. The van der Waals surface area contributed by atoms with Gasteiger partial charge in [-0.15, -0.1) is 0 Å². The summed E-state index contributed by atoms with van der Waals surface area (Å²) in [6, 6.07) is 8.98. The van der Waals surface area contributed by atoms with Crippen LogP contribution in [0.15, 0.2) is 24.3 Å². The number of benzene rings is 1. The molecule has 1 saturated heterocycles. The lowest BCUT2D eigenvalue weighted by atomic mass is 10.0. The average Bonchev–Trinajstić information content (AvgIpc) is 2.48. The van der Waals surface area contributed by atoms with Crippen LogP contribution < -0.4 is 4.74 Å². The fourth-order valence-electron chi connectivity index (χ4n) is 2.98. The summed E-state index contributed by atoms with van der Waals surface area (Å²) in [6.45, 7) is 9.24. The van der Waals surface area contributed by atoms with E-state index in [0.29, 0.717) is 12.1 Å². The number of piperidine rings is 1. The maximum Gasteiger partial charge on any atom is 0.122 e. The predicted molar refractivity (Wildman–Crippen MR) is 85.4 cm³/mol. The first-order valence-electron chi connectivity index (χ1n) is 8.13. The van der Waals surface area contributed by atoms with Crippen molar-refractivity contribution in [1.82, 2.24) is 4.90 Å². The third-order valence-corrected chi connectivity index (χ3v) is 4.43. The van der Waals surface area contributed by atoms with Crippen LogP contribution >= 0.6 is 0 Å². The molecule has 0 amide bonds. The summed E-state index contributed by atoms with van der Waals surface area (Å²) in [5.74, 6) is 1.03.